The minimum atomic E-state index is -0.538. The lowest BCUT2D eigenvalue weighted by Crippen LogP contribution is -2.54. The van der Waals surface area contributed by atoms with Crippen molar-refractivity contribution in [1.29, 1.82) is 0 Å². The second-order valence-electron chi connectivity index (χ2n) is 8.05. The zero-order valence-electron chi connectivity index (χ0n) is 17.3. The van der Waals surface area contributed by atoms with Crippen molar-refractivity contribution in [3.63, 3.8) is 0 Å². The molecule has 26 heavy (non-hydrogen) atoms. The van der Waals surface area contributed by atoms with Crippen LogP contribution in [-0.2, 0) is 14.3 Å². The van der Waals surface area contributed by atoms with E-state index in [9.17, 15) is 9.59 Å². The van der Waals surface area contributed by atoms with E-state index in [1.165, 1.54) is 25.7 Å². The van der Waals surface area contributed by atoms with Crippen molar-refractivity contribution < 1.29 is 19.1 Å². The van der Waals surface area contributed by atoms with Crippen molar-refractivity contribution in [3.05, 3.63) is 0 Å². The Balaban J connectivity index is 2.57. The van der Waals surface area contributed by atoms with Gasteiger partial charge in [0.1, 0.15) is 5.60 Å². The molecule has 1 rings (SSSR count). The van der Waals surface area contributed by atoms with Crippen LogP contribution in [0.5, 0.6) is 0 Å². The number of piperidine rings is 1. The first-order valence-corrected chi connectivity index (χ1v) is 10.2. The Morgan fingerprint density at radius 1 is 1.12 bits per heavy atom. The summed E-state index contributed by atoms with van der Waals surface area (Å²) in [7, 11) is 0. The maximum absolute atomic E-state index is 12.4. The number of rotatable bonds is 9. The van der Waals surface area contributed by atoms with Crippen molar-refractivity contribution >= 4 is 12.1 Å². The highest BCUT2D eigenvalue weighted by Gasteiger charge is 2.38. The SMILES string of the molecule is CCCCCCCN[C@@H]1CCN(C(=O)OC(C)(C)C)C[C@@H]1C(=O)OCC. The van der Waals surface area contributed by atoms with Gasteiger partial charge < -0.3 is 19.7 Å². The third-order valence-corrected chi connectivity index (χ3v) is 4.54. The van der Waals surface area contributed by atoms with E-state index in [1.54, 1.807) is 4.90 Å². The molecule has 0 spiro atoms. The summed E-state index contributed by atoms with van der Waals surface area (Å²) < 4.78 is 10.7. The number of amides is 1. The van der Waals surface area contributed by atoms with Crippen LogP contribution in [0.3, 0.4) is 0 Å². The molecule has 152 valence electrons. The van der Waals surface area contributed by atoms with Gasteiger partial charge in [0.25, 0.3) is 0 Å². The predicted octanol–water partition coefficient (Wildman–Crippen LogP) is 3.74. The summed E-state index contributed by atoms with van der Waals surface area (Å²) in [6, 6.07) is 0.0545. The molecule has 1 N–H and O–H groups in total. The average molecular weight is 371 g/mol. The van der Waals surface area contributed by atoms with Gasteiger partial charge in [0.05, 0.1) is 12.5 Å². The quantitative estimate of drug-likeness (QED) is 0.495. The smallest absolute Gasteiger partial charge is 0.410 e. The van der Waals surface area contributed by atoms with Crippen LogP contribution < -0.4 is 5.32 Å². The Bertz CT molecular complexity index is 434. The largest absolute Gasteiger partial charge is 0.466 e. The number of carbonyl (C=O) groups excluding carboxylic acids is 2. The predicted molar refractivity (Wildman–Crippen MR) is 103 cm³/mol. The summed E-state index contributed by atoms with van der Waals surface area (Å²) in [6.07, 6.45) is 6.48. The molecule has 6 nitrogen and oxygen atoms in total. The van der Waals surface area contributed by atoms with Crippen molar-refractivity contribution in [2.24, 2.45) is 5.92 Å². The molecule has 2 atom stereocenters. The maximum atomic E-state index is 12.4. The van der Waals surface area contributed by atoms with Gasteiger partial charge in [-0.05, 0) is 47.1 Å². The second-order valence-corrected chi connectivity index (χ2v) is 8.05. The second kappa shape index (κ2) is 11.4. The van der Waals surface area contributed by atoms with Gasteiger partial charge >= 0.3 is 12.1 Å². The molecular formula is C20H38N2O4. The van der Waals surface area contributed by atoms with Crippen molar-refractivity contribution in [1.82, 2.24) is 10.2 Å². The summed E-state index contributed by atoms with van der Waals surface area (Å²) in [5, 5.41) is 3.52. The summed E-state index contributed by atoms with van der Waals surface area (Å²) in [4.78, 5) is 26.4. The zero-order chi connectivity index (χ0) is 19.6. The van der Waals surface area contributed by atoms with Crippen LogP contribution in [0.1, 0.15) is 73.1 Å². The molecule has 1 saturated heterocycles. The Morgan fingerprint density at radius 3 is 2.42 bits per heavy atom. The Hall–Kier alpha value is -1.30. The van der Waals surface area contributed by atoms with E-state index in [0.29, 0.717) is 19.7 Å². The van der Waals surface area contributed by atoms with Gasteiger partial charge in [0.15, 0.2) is 0 Å². The fourth-order valence-electron chi connectivity index (χ4n) is 3.19. The highest BCUT2D eigenvalue weighted by atomic mass is 16.6. The van der Waals surface area contributed by atoms with E-state index in [-0.39, 0.29) is 24.0 Å². The van der Waals surface area contributed by atoms with Crippen LogP contribution in [0.25, 0.3) is 0 Å². The van der Waals surface area contributed by atoms with Crippen LogP contribution in [0, 0.1) is 5.92 Å². The van der Waals surface area contributed by atoms with Crippen LogP contribution in [0.4, 0.5) is 4.79 Å². The fourth-order valence-corrected chi connectivity index (χ4v) is 3.19. The summed E-state index contributed by atoms with van der Waals surface area (Å²) in [6.45, 7) is 11.8. The molecular weight excluding hydrogens is 332 g/mol. The van der Waals surface area contributed by atoms with Gasteiger partial charge in [0, 0.05) is 19.1 Å². The number of ether oxygens (including phenoxy) is 2. The van der Waals surface area contributed by atoms with E-state index >= 15 is 0 Å². The molecule has 1 fully saturated rings. The monoisotopic (exact) mass is 370 g/mol. The Morgan fingerprint density at radius 2 is 1.81 bits per heavy atom. The highest BCUT2D eigenvalue weighted by molar-refractivity contribution is 5.75. The summed E-state index contributed by atoms with van der Waals surface area (Å²) in [5.41, 5.74) is -0.538. The minimum Gasteiger partial charge on any atom is -0.466 e. The van der Waals surface area contributed by atoms with Gasteiger partial charge in [-0.3, -0.25) is 4.79 Å². The van der Waals surface area contributed by atoms with Gasteiger partial charge in [-0.2, -0.15) is 0 Å². The molecule has 0 unspecified atom stereocenters. The first kappa shape index (κ1) is 22.7. The molecule has 0 aromatic heterocycles. The van der Waals surface area contributed by atoms with E-state index in [2.05, 4.69) is 12.2 Å². The first-order chi connectivity index (χ1) is 12.3. The number of nitrogens with one attached hydrogen (secondary N) is 1. The van der Waals surface area contributed by atoms with Crippen molar-refractivity contribution in [3.8, 4) is 0 Å². The topological polar surface area (TPSA) is 67.9 Å². The summed E-state index contributed by atoms with van der Waals surface area (Å²) >= 11 is 0. The molecule has 0 saturated carbocycles. The molecule has 0 radical (unpaired) electrons. The minimum absolute atomic E-state index is 0.0545. The Labute approximate surface area is 159 Å². The number of unbranched alkanes of at least 4 members (excludes halogenated alkanes) is 4. The van der Waals surface area contributed by atoms with E-state index in [0.717, 1.165) is 19.4 Å². The number of carbonyl (C=O) groups is 2. The number of hydrogen-bond donors (Lipinski definition) is 1. The van der Waals surface area contributed by atoms with E-state index < -0.39 is 5.60 Å². The average Bonchev–Trinajstić information content (AvgIpc) is 2.56. The lowest BCUT2D eigenvalue weighted by molar-refractivity contribution is -0.150. The number of esters is 1. The standard InChI is InChI=1S/C20H38N2O4/c1-6-8-9-10-11-13-21-17-12-14-22(19(24)26-20(3,4)5)15-16(17)18(23)25-7-2/h16-17,21H,6-15H2,1-5H3/t16-,17+/m0/s1. The van der Waals surface area contributed by atoms with Crippen molar-refractivity contribution in [2.75, 3.05) is 26.2 Å². The number of nitrogens with zero attached hydrogens (tertiary/aromatic N) is 1. The fraction of sp³-hybridized carbons (Fsp3) is 0.900. The van der Waals surface area contributed by atoms with Crippen LogP contribution in [-0.4, -0.2) is 54.8 Å². The highest BCUT2D eigenvalue weighted by Crippen LogP contribution is 2.21. The van der Waals surface area contributed by atoms with E-state index in [4.69, 9.17) is 9.47 Å². The number of likely N-dealkylation sites (tertiary alicyclic amines) is 1. The maximum Gasteiger partial charge on any atom is 0.410 e. The molecule has 1 heterocycles. The molecule has 0 aromatic rings. The molecule has 0 aliphatic carbocycles. The van der Waals surface area contributed by atoms with Crippen LogP contribution in [0.2, 0.25) is 0 Å². The normalized spacial score (nSPS) is 20.7. The lowest BCUT2D eigenvalue weighted by Gasteiger charge is -2.38. The number of hydrogen-bond acceptors (Lipinski definition) is 5. The third-order valence-electron chi connectivity index (χ3n) is 4.54. The zero-order valence-corrected chi connectivity index (χ0v) is 17.3. The molecule has 0 aromatic carbocycles. The Kier molecular flexibility index (Phi) is 9.99. The lowest BCUT2D eigenvalue weighted by atomic mass is 9.92. The van der Waals surface area contributed by atoms with E-state index in [1.807, 2.05) is 27.7 Å². The summed E-state index contributed by atoms with van der Waals surface area (Å²) in [5.74, 6) is -0.573. The van der Waals surface area contributed by atoms with Gasteiger partial charge in [0.2, 0.25) is 0 Å². The third kappa shape index (κ3) is 8.39. The van der Waals surface area contributed by atoms with Gasteiger partial charge in [-0.1, -0.05) is 32.6 Å². The molecule has 1 amide bonds. The first-order valence-electron chi connectivity index (χ1n) is 10.2. The molecule has 1 aliphatic heterocycles. The van der Waals surface area contributed by atoms with Crippen molar-refractivity contribution in [2.45, 2.75) is 84.8 Å². The van der Waals surface area contributed by atoms with Gasteiger partial charge in [-0.25, -0.2) is 4.79 Å². The van der Waals surface area contributed by atoms with Crippen LogP contribution >= 0.6 is 0 Å². The van der Waals surface area contributed by atoms with Gasteiger partial charge in [-0.15, -0.1) is 0 Å². The molecule has 6 heteroatoms. The molecule has 0 bridgehead atoms. The van der Waals surface area contributed by atoms with Crippen LogP contribution in [0.15, 0.2) is 0 Å². The molecule has 1 aliphatic rings.